The first-order chi connectivity index (χ1) is 11.7. The first kappa shape index (κ1) is 16.1. The molecule has 5 nitrogen and oxygen atoms in total. The van der Waals surface area contributed by atoms with Crippen LogP contribution in [0, 0.1) is 0 Å². The van der Waals surface area contributed by atoms with E-state index in [9.17, 15) is 9.59 Å². The van der Waals surface area contributed by atoms with Crippen molar-refractivity contribution >= 4 is 11.6 Å². The lowest BCUT2D eigenvalue weighted by Gasteiger charge is -2.18. The van der Waals surface area contributed by atoms with E-state index in [1.807, 2.05) is 0 Å². The number of Topliss-reactive ketones (excluding diaryl/α,β-unsaturated/α-hetero) is 2. The molecule has 0 radical (unpaired) electrons. The third-order valence-electron chi connectivity index (χ3n) is 3.83. The van der Waals surface area contributed by atoms with Gasteiger partial charge in [0.1, 0.15) is 19.0 Å². The second-order valence-corrected chi connectivity index (χ2v) is 5.44. The Morgan fingerprint density at radius 1 is 0.917 bits per heavy atom. The fourth-order valence-corrected chi connectivity index (χ4v) is 2.53. The highest BCUT2D eigenvalue weighted by Gasteiger charge is 2.16. The number of hydrogen-bond donors (Lipinski definition) is 0. The number of ether oxygens (including phenoxy) is 3. The summed E-state index contributed by atoms with van der Waals surface area (Å²) in [5.41, 5.74) is 1.07. The topological polar surface area (TPSA) is 61.8 Å². The van der Waals surface area contributed by atoms with Gasteiger partial charge in [0.05, 0.1) is 7.11 Å². The van der Waals surface area contributed by atoms with Crippen LogP contribution in [0.5, 0.6) is 17.2 Å². The van der Waals surface area contributed by atoms with Crippen molar-refractivity contribution in [3.63, 3.8) is 0 Å². The van der Waals surface area contributed by atoms with Gasteiger partial charge in [-0.3, -0.25) is 9.59 Å². The number of methoxy groups -OCH3 is 1. The van der Waals surface area contributed by atoms with Crippen molar-refractivity contribution in [2.75, 3.05) is 20.3 Å². The molecule has 0 amide bonds. The third kappa shape index (κ3) is 3.56. The Morgan fingerprint density at radius 2 is 1.58 bits per heavy atom. The number of rotatable bonds is 6. The summed E-state index contributed by atoms with van der Waals surface area (Å²) in [6, 6.07) is 12.0. The van der Waals surface area contributed by atoms with Crippen molar-refractivity contribution < 1.29 is 23.8 Å². The highest BCUT2D eigenvalue weighted by molar-refractivity contribution is 6.02. The van der Waals surface area contributed by atoms with E-state index >= 15 is 0 Å². The normalized spacial score (nSPS) is 12.5. The van der Waals surface area contributed by atoms with Crippen molar-refractivity contribution in [2.45, 2.75) is 12.8 Å². The van der Waals surface area contributed by atoms with Crippen LogP contribution in [-0.4, -0.2) is 31.9 Å². The predicted octanol–water partition coefficient (Wildman–Crippen LogP) is 3.31. The molecule has 0 atom stereocenters. The van der Waals surface area contributed by atoms with Crippen LogP contribution in [0.1, 0.15) is 33.6 Å². The Hall–Kier alpha value is -2.82. The van der Waals surface area contributed by atoms with Gasteiger partial charge < -0.3 is 14.2 Å². The van der Waals surface area contributed by atoms with Gasteiger partial charge in [-0.05, 0) is 30.3 Å². The summed E-state index contributed by atoms with van der Waals surface area (Å²) in [5, 5.41) is 0. The van der Waals surface area contributed by atoms with Crippen LogP contribution in [0.25, 0.3) is 0 Å². The van der Waals surface area contributed by atoms with Crippen LogP contribution in [0.15, 0.2) is 42.5 Å². The molecule has 2 aromatic rings. The van der Waals surface area contributed by atoms with Gasteiger partial charge in [-0.15, -0.1) is 0 Å². The maximum atomic E-state index is 12.3. The average Bonchev–Trinajstić information content (AvgIpc) is 2.65. The van der Waals surface area contributed by atoms with Crippen molar-refractivity contribution in [3.05, 3.63) is 53.6 Å². The van der Waals surface area contributed by atoms with Gasteiger partial charge >= 0.3 is 0 Å². The minimum Gasteiger partial charge on any atom is -0.497 e. The van der Waals surface area contributed by atoms with Crippen LogP contribution >= 0.6 is 0 Å². The summed E-state index contributed by atoms with van der Waals surface area (Å²) in [5.74, 6) is 1.67. The molecular formula is C19H18O5. The number of benzene rings is 2. The standard InChI is InChI=1S/C19H18O5/c1-22-15-4-2-3-13(11-15)16(20)6-7-17(21)14-5-8-18-19(12-14)24-10-9-23-18/h2-5,8,11-12H,6-7,9-10H2,1H3. The fraction of sp³-hybridized carbons (Fsp3) is 0.263. The fourth-order valence-electron chi connectivity index (χ4n) is 2.53. The van der Waals surface area contributed by atoms with Gasteiger partial charge in [-0.2, -0.15) is 0 Å². The molecule has 0 saturated carbocycles. The molecule has 0 N–H and O–H groups in total. The Morgan fingerprint density at radius 3 is 2.29 bits per heavy atom. The minimum atomic E-state index is -0.0942. The molecule has 0 fully saturated rings. The zero-order valence-corrected chi connectivity index (χ0v) is 13.4. The Bertz CT molecular complexity index is 766. The lowest BCUT2D eigenvalue weighted by Crippen LogP contribution is -2.16. The SMILES string of the molecule is COc1cccc(C(=O)CCC(=O)c2ccc3c(c2)OCCO3)c1. The summed E-state index contributed by atoms with van der Waals surface area (Å²) in [6.45, 7) is 0.980. The highest BCUT2D eigenvalue weighted by Crippen LogP contribution is 2.31. The van der Waals surface area contributed by atoms with Gasteiger partial charge in [0.2, 0.25) is 0 Å². The van der Waals surface area contributed by atoms with Crippen LogP contribution in [0.2, 0.25) is 0 Å². The van der Waals surface area contributed by atoms with E-state index in [1.54, 1.807) is 49.6 Å². The van der Waals surface area contributed by atoms with Crippen molar-refractivity contribution in [1.82, 2.24) is 0 Å². The molecule has 124 valence electrons. The van der Waals surface area contributed by atoms with E-state index < -0.39 is 0 Å². The Kier molecular flexibility index (Phi) is 4.79. The molecule has 1 heterocycles. The lowest BCUT2D eigenvalue weighted by atomic mass is 10.0. The Labute approximate surface area is 140 Å². The molecule has 1 aliphatic heterocycles. The van der Waals surface area contributed by atoms with E-state index in [0.717, 1.165) is 0 Å². The summed E-state index contributed by atoms with van der Waals surface area (Å²) >= 11 is 0. The highest BCUT2D eigenvalue weighted by atomic mass is 16.6. The molecule has 5 heteroatoms. The van der Waals surface area contributed by atoms with Crippen LogP contribution in [0.3, 0.4) is 0 Å². The van der Waals surface area contributed by atoms with Crippen molar-refractivity contribution in [2.24, 2.45) is 0 Å². The molecule has 0 unspecified atom stereocenters. The second kappa shape index (κ2) is 7.17. The summed E-state index contributed by atoms with van der Waals surface area (Å²) in [4.78, 5) is 24.5. The van der Waals surface area contributed by atoms with E-state index in [0.29, 0.717) is 41.6 Å². The summed E-state index contributed by atoms with van der Waals surface area (Å²) in [6.07, 6.45) is 0.302. The molecule has 24 heavy (non-hydrogen) atoms. The van der Waals surface area contributed by atoms with Gasteiger partial charge in [-0.25, -0.2) is 0 Å². The molecule has 0 aliphatic carbocycles. The summed E-state index contributed by atoms with van der Waals surface area (Å²) in [7, 11) is 1.55. The molecule has 0 spiro atoms. The van der Waals surface area contributed by atoms with E-state index in [-0.39, 0.29) is 24.4 Å². The largest absolute Gasteiger partial charge is 0.497 e. The average molecular weight is 326 g/mol. The van der Waals surface area contributed by atoms with Gasteiger partial charge in [-0.1, -0.05) is 12.1 Å². The molecule has 0 aromatic heterocycles. The first-order valence-corrected chi connectivity index (χ1v) is 7.77. The molecule has 3 rings (SSSR count). The van der Waals surface area contributed by atoms with Gasteiger partial charge in [0, 0.05) is 24.0 Å². The maximum Gasteiger partial charge on any atom is 0.163 e. The van der Waals surface area contributed by atoms with E-state index in [2.05, 4.69) is 0 Å². The zero-order valence-electron chi connectivity index (χ0n) is 13.4. The molecule has 0 bridgehead atoms. The number of ketones is 2. The van der Waals surface area contributed by atoms with Gasteiger partial charge in [0.15, 0.2) is 23.1 Å². The van der Waals surface area contributed by atoms with Crippen LogP contribution in [-0.2, 0) is 0 Å². The predicted molar refractivity (Wildman–Crippen MR) is 88.3 cm³/mol. The van der Waals surface area contributed by atoms with Crippen LogP contribution in [0.4, 0.5) is 0 Å². The molecule has 0 saturated heterocycles. The molecule has 1 aliphatic rings. The van der Waals surface area contributed by atoms with Crippen LogP contribution < -0.4 is 14.2 Å². The zero-order chi connectivity index (χ0) is 16.9. The maximum absolute atomic E-state index is 12.3. The monoisotopic (exact) mass is 326 g/mol. The molecular weight excluding hydrogens is 308 g/mol. The Balaban J connectivity index is 1.63. The number of fused-ring (bicyclic) bond motifs is 1. The number of carbonyl (C=O) groups excluding carboxylic acids is 2. The quantitative estimate of drug-likeness (QED) is 0.762. The smallest absolute Gasteiger partial charge is 0.163 e. The molecule has 2 aromatic carbocycles. The van der Waals surface area contributed by atoms with Crippen molar-refractivity contribution in [3.8, 4) is 17.2 Å². The van der Waals surface area contributed by atoms with E-state index in [1.165, 1.54) is 0 Å². The number of carbonyl (C=O) groups is 2. The number of hydrogen-bond acceptors (Lipinski definition) is 5. The van der Waals surface area contributed by atoms with Crippen molar-refractivity contribution in [1.29, 1.82) is 0 Å². The van der Waals surface area contributed by atoms with E-state index in [4.69, 9.17) is 14.2 Å². The second-order valence-electron chi connectivity index (χ2n) is 5.44. The lowest BCUT2D eigenvalue weighted by molar-refractivity contribution is 0.0917. The minimum absolute atomic E-state index is 0.0835. The third-order valence-corrected chi connectivity index (χ3v) is 3.83. The van der Waals surface area contributed by atoms with Gasteiger partial charge in [0.25, 0.3) is 0 Å². The first-order valence-electron chi connectivity index (χ1n) is 7.77. The summed E-state index contributed by atoms with van der Waals surface area (Å²) < 4.78 is 16.0.